The number of carbonyl (C=O) groups is 2. The fourth-order valence-corrected chi connectivity index (χ4v) is 1.97. The molecule has 0 aliphatic carbocycles. The van der Waals surface area contributed by atoms with Crippen molar-refractivity contribution in [3.8, 4) is 12.1 Å². The molecule has 2 rings (SSSR count). The van der Waals surface area contributed by atoms with E-state index in [-0.39, 0.29) is 12.1 Å². The summed E-state index contributed by atoms with van der Waals surface area (Å²) in [5, 5.41) is 17.6. The molecule has 0 aliphatic rings. The van der Waals surface area contributed by atoms with Gasteiger partial charge in [0.2, 0.25) is 0 Å². The summed E-state index contributed by atoms with van der Waals surface area (Å²) in [6, 6.07) is 18.4. The van der Waals surface area contributed by atoms with Gasteiger partial charge in [-0.15, -0.1) is 0 Å². The van der Waals surface area contributed by atoms with Crippen LogP contribution in [-0.2, 0) is 9.53 Å². The third kappa shape index (κ3) is 4.19. The van der Waals surface area contributed by atoms with Crippen LogP contribution in [0.3, 0.4) is 0 Å². The van der Waals surface area contributed by atoms with Crippen molar-refractivity contribution >= 4 is 17.6 Å². The van der Waals surface area contributed by atoms with Crippen LogP contribution in [0.2, 0.25) is 0 Å². The number of carbonyl (C=O) groups excluding carboxylic acids is 2. The topological polar surface area (TPSA) is 94.2 Å². The van der Waals surface area contributed by atoms with E-state index in [2.05, 4.69) is 0 Å². The summed E-state index contributed by atoms with van der Waals surface area (Å²) in [6.45, 7) is -0.618. The Hall–Kier alpha value is -3.64. The molecule has 0 heterocycles. The molecule has 0 aliphatic heterocycles. The second-order valence-electron chi connectivity index (χ2n) is 4.74. The number of hydrogen-bond acceptors (Lipinski definition) is 5. The zero-order valence-corrected chi connectivity index (χ0v) is 12.7. The van der Waals surface area contributed by atoms with Crippen LogP contribution < -0.4 is 4.90 Å². The van der Waals surface area contributed by atoms with Gasteiger partial charge in [0.05, 0.1) is 23.3 Å². The number of rotatable bonds is 5. The molecule has 118 valence electrons. The average molecular weight is 319 g/mol. The highest BCUT2D eigenvalue weighted by Gasteiger charge is 2.17. The Morgan fingerprint density at radius 1 is 1.00 bits per heavy atom. The Morgan fingerprint density at radius 2 is 1.67 bits per heavy atom. The van der Waals surface area contributed by atoms with Crippen molar-refractivity contribution < 1.29 is 14.3 Å². The summed E-state index contributed by atoms with van der Waals surface area (Å²) >= 11 is 0. The molecule has 0 saturated heterocycles. The van der Waals surface area contributed by atoms with E-state index in [4.69, 9.17) is 15.3 Å². The van der Waals surface area contributed by atoms with Crippen LogP contribution in [0, 0.1) is 22.7 Å². The van der Waals surface area contributed by atoms with Gasteiger partial charge in [0, 0.05) is 5.69 Å². The minimum atomic E-state index is -0.669. The van der Waals surface area contributed by atoms with Gasteiger partial charge in [0.25, 0.3) is 5.91 Å². The molecule has 24 heavy (non-hydrogen) atoms. The Bertz CT molecular complexity index is 802. The normalized spacial score (nSPS) is 9.42. The molecule has 0 radical (unpaired) electrons. The highest BCUT2D eigenvalue weighted by atomic mass is 16.5. The van der Waals surface area contributed by atoms with Crippen molar-refractivity contribution in [1.82, 2.24) is 0 Å². The van der Waals surface area contributed by atoms with Crippen LogP contribution in [-0.4, -0.2) is 25.0 Å². The van der Waals surface area contributed by atoms with Crippen LogP contribution in [0.4, 0.5) is 5.69 Å². The zero-order valence-electron chi connectivity index (χ0n) is 12.7. The largest absolute Gasteiger partial charge is 0.452 e. The van der Waals surface area contributed by atoms with Crippen LogP contribution in [0.5, 0.6) is 0 Å². The van der Waals surface area contributed by atoms with Crippen molar-refractivity contribution in [1.29, 1.82) is 10.5 Å². The van der Waals surface area contributed by atoms with E-state index in [9.17, 15) is 9.59 Å². The smallest absolute Gasteiger partial charge is 0.338 e. The Kier molecular flexibility index (Phi) is 5.65. The summed E-state index contributed by atoms with van der Waals surface area (Å²) in [5.74, 6) is -1.16. The number of nitriles is 2. The number of nitrogens with zero attached hydrogens (tertiary/aromatic N) is 3. The lowest BCUT2D eigenvalue weighted by molar-refractivity contribution is -0.121. The van der Waals surface area contributed by atoms with Gasteiger partial charge in [-0.25, -0.2) is 4.79 Å². The molecule has 0 N–H and O–H groups in total. The lowest BCUT2D eigenvalue weighted by Gasteiger charge is -2.19. The molecular weight excluding hydrogens is 306 g/mol. The van der Waals surface area contributed by atoms with E-state index in [1.807, 2.05) is 12.1 Å². The van der Waals surface area contributed by atoms with E-state index in [1.165, 1.54) is 29.2 Å². The quantitative estimate of drug-likeness (QED) is 0.622. The molecule has 0 bridgehead atoms. The number of para-hydroxylation sites is 1. The molecule has 6 nitrogen and oxygen atoms in total. The SMILES string of the molecule is N#CCN(C(=O)COC(=O)c1ccc(C#N)cc1)c1ccccc1. The van der Waals surface area contributed by atoms with E-state index >= 15 is 0 Å². The van der Waals surface area contributed by atoms with E-state index in [1.54, 1.807) is 30.3 Å². The van der Waals surface area contributed by atoms with Crippen molar-refractivity contribution in [2.24, 2.45) is 0 Å². The Balaban J connectivity index is 2.01. The van der Waals surface area contributed by atoms with Crippen molar-refractivity contribution in [3.63, 3.8) is 0 Å². The zero-order chi connectivity index (χ0) is 17.4. The van der Waals surface area contributed by atoms with E-state index in [0.29, 0.717) is 11.3 Å². The summed E-state index contributed by atoms with van der Waals surface area (Å²) in [7, 11) is 0. The minimum Gasteiger partial charge on any atom is -0.452 e. The molecule has 0 saturated carbocycles. The number of anilines is 1. The molecule has 0 fully saturated rings. The summed E-state index contributed by atoms with van der Waals surface area (Å²) in [5.41, 5.74) is 1.22. The molecule has 0 atom stereocenters. The second-order valence-corrected chi connectivity index (χ2v) is 4.74. The molecular formula is C18H13N3O3. The first-order chi connectivity index (χ1) is 11.7. The van der Waals surface area contributed by atoms with Gasteiger partial charge in [0.1, 0.15) is 6.54 Å². The monoisotopic (exact) mass is 319 g/mol. The summed E-state index contributed by atoms with van der Waals surface area (Å²) < 4.78 is 4.99. The maximum Gasteiger partial charge on any atom is 0.338 e. The molecule has 6 heteroatoms. The molecule has 1 amide bonds. The van der Waals surface area contributed by atoms with Gasteiger partial charge < -0.3 is 4.74 Å². The van der Waals surface area contributed by atoms with Crippen LogP contribution in [0.1, 0.15) is 15.9 Å². The van der Waals surface area contributed by atoms with Gasteiger partial charge >= 0.3 is 5.97 Å². The first-order valence-corrected chi connectivity index (χ1v) is 7.05. The Morgan fingerprint density at radius 3 is 2.25 bits per heavy atom. The van der Waals surface area contributed by atoms with Gasteiger partial charge in [-0.3, -0.25) is 9.69 Å². The molecule has 0 spiro atoms. The predicted molar refractivity (Wildman–Crippen MR) is 85.8 cm³/mol. The maximum atomic E-state index is 12.2. The van der Waals surface area contributed by atoms with Crippen molar-refractivity contribution in [3.05, 3.63) is 65.7 Å². The number of ether oxygens (including phenoxy) is 1. The van der Waals surface area contributed by atoms with Crippen LogP contribution in [0.15, 0.2) is 54.6 Å². The number of hydrogen-bond donors (Lipinski definition) is 0. The molecule has 2 aromatic rings. The first-order valence-electron chi connectivity index (χ1n) is 7.05. The fourth-order valence-electron chi connectivity index (χ4n) is 1.97. The Labute approximate surface area is 139 Å². The van der Waals surface area contributed by atoms with Crippen LogP contribution in [0.25, 0.3) is 0 Å². The van der Waals surface area contributed by atoms with Gasteiger partial charge in [0.15, 0.2) is 6.61 Å². The van der Waals surface area contributed by atoms with E-state index in [0.717, 1.165) is 0 Å². The predicted octanol–water partition coefficient (Wildman–Crippen LogP) is 2.27. The van der Waals surface area contributed by atoms with Gasteiger partial charge in [-0.2, -0.15) is 10.5 Å². The van der Waals surface area contributed by atoms with Crippen molar-refractivity contribution in [2.75, 3.05) is 18.1 Å². The fraction of sp³-hybridized carbons (Fsp3) is 0.111. The lowest BCUT2D eigenvalue weighted by atomic mass is 10.1. The van der Waals surface area contributed by atoms with Gasteiger partial charge in [-0.1, -0.05) is 18.2 Å². The molecule has 0 aromatic heterocycles. The molecule has 0 unspecified atom stereocenters. The standard InChI is InChI=1S/C18H13N3O3/c19-10-11-21(16-4-2-1-3-5-16)17(22)13-24-18(23)15-8-6-14(12-20)7-9-15/h1-9H,11,13H2. The lowest BCUT2D eigenvalue weighted by Crippen LogP contribution is -2.35. The minimum absolute atomic E-state index is 0.142. The van der Waals surface area contributed by atoms with E-state index < -0.39 is 18.5 Å². The van der Waals surface area contributed by atoms with Crippen molar-refractivity contribution in [2.45, 2.75) is 0 Å². The number of benzene rings is 2. The van der Waals surface area contributed by atoms with Gasteiger partial charge in [-0.05, 0) is 36.4 Å². The highest BCUT2D eigenvalue weighted by molar-refractivity contribution is 5.97. The van der Waals surface area contributed by atoms with Crippen LogP contribution >= 0.6 is 0 Å². The average Bonchev–Trinajstić information content (AvgIpc) is 2.64. The third-order valence-electron chi connectivity index (χ3n) is 3.17. The third-order valence-corrected chi connectivity index (χ3v) is 3.17. The summed E-state index contributed by atoms with van der Waals surface area (Å²) in [4.78, 5) is 25.4. The highest BCUT2D eigenvalue weighted by Crippen LogP contribution is 2.13. The number of amides is 1. The number of esters is 1. The summed E-state index contributed by atoms with van der Waals surface area (Å²) in [6.07, 6.45) is 0. The first kappa shape index (κ1) is 16.7. The maximum absolute atomic E-state index is 12.2. The second kappa shape index (κ2) is 8.11. The molecule has 2 aromatic carbocycles.